The van der Waals surface area contributed by atoms with Crippen molar-refractivity contribution in [3.8, 4) is 0 Å². The zero-order valence-corrected chi connectivity index (χ0v) is 9.17. The maximum Gasteiger partial charge on any atom is 0.351 e. The summed E-state index contributed by atoms with van der Waals surface area (Å²) in [4.78, 5) is 10.5. The molecular weight excluding hydrogens is 216 g/mol. The first-order valence-corrected chi connectivity index (χ1v) is 4.69. The molecule has 0 atom stereocenters. The van der Waals surface area contributed by atoms with E-state index in [0.29, 0.717) is 10.7 Å². The van der Waals surface area contributed by atoms with Crippen LogP contribution in [0, 0.1) is 6.92 Å². The highest BCUT2D eigenvalue weighted by Crippen LogP contribution is 2.24. The Morgan fingerprint density at radius 1 is 1.53 bits per heavy atom. The Bertz CT molecular complexity index is 416. The lowest BCUT2D eigenvalue weighted by Gasteiger charge is -2.05. The lowest BCUT2D eigenvalue weighted by Crippen LogP contribution is -2.10. The third-order valence-corrected chi connectivity index (χ3v) is 2.35. The number of rotatable bonds is 3. The van der Waals surface area contributed by atoms with Crippen molar-refractivity contribution in [3.05, 3.63) is 28.8 Å². The number of hydrazone groups is 1. The lowest BCUT2D eigenvalue weighted by molar-refractivity contribution is -0.129. The van der Waals surface area contributed by atoms with Crippen molar-refractivity contribution in [1.82, 2.24) is 0 Å². The van der Waals surface area contributed by atoms with Gasteiger partial charge in [-0.2, -0.15) is 5.10 Å². The van der Waals surface area contributed by atoms with Gasteiger partial charge >= 0.3 is 5.97 Å². The number of carbonyl (C=O) groups is 1. The highest BCUT2D eigenvalue weighted by atomic mass is 35.5. The number of benzene rings is 1. The summed E-state index contributed by atoms with van der Waals surface area (Å²) in [5.74, 6) is -1.06. The van der Waals surface area contributed by atoms with E-state index in [1.54, 1.807) is 6.07 Å². The standard InChI is InChI=1S/C10H11ClN2O2/c1-6-4-3-5-8(9(6)11)13-12-7(2)10(14)15/h3-5,13H,1-2H3,(H,14,15). The summed E-state index contributed by atoms with van der Waals surface area (Å²) in [5, 5.41) is 12.8. The molecule has 0 bridgehead atoms. The molecule has 2 N–H and O–H groups in total. The predicted molar refractivity (Wildman–Crippen MR) is 60.6 cm³/mol. The molecule has 0 radical (unpaired) electrons. The molecule has 1 aromatic carbocycles. The molecule has 80 valence electrons. The van der Waals surface area contributed by atoms with E-state index in [0.717, 1.165) is 5.56 Å². The molecule has 0 aliphatic rings. The number of aryl methyl sites for hydroxylation is 1. The van der Waals surface area contributed by atoms with E-state index in [1.807, 2.05) is 19.1 Å². The molecule has 5 heteroatoms. The van der Waals surface area contributed by atoms with Crippen LogP contribution >= 0.6 is 11.6 Å². The van der Waals surface area contributed by atoms with Crippen molar-refractivity contribution in [2.75, 3.05) is 5.43 Å². The van der Waals surface area contributed by atoms with E-state index in [1.165, 1.54) is 6.92 Å². The fourth-order valence-corrected chi connectivity index (χ4v) is 1.09. The molecule has 0 aliphatic carbocycles. The molecule has 0 heterocycles. The highest BCUT2D eigenvalue weighted by molar-refractivity contribution is 6.35. The predicted octanol–water partition coefficient (Wildman–Crippen LogP) is 2.52. The first kappa shape index (κ1) is 11.5. The summed E-state index contributed by atoms with van der Waals surface area (Å²) in [6.45, 7) is 3.26. The Kier molecular flexibility index (Phi) is 3.68. The molecule has 0 saturated carbocycles. The number of halogens is 1. The lowest BCUT2D eigenvalue weighted by atomic mass is 10.2. The Morgan fingerprint density at radius 3 is 2.80 bits per heavy atom. The Balaban J connectivity index is 2.87. The molecule has 15 heavy (non-hydrogen) atoms. The zero-order valence-electron chi connectivity index (χ0n) is 8.41. The SMILES string of the molecule is CC(=NNc1cccc(C)c1Cl)C(=O)O. The Labute approximate surface area is 92.6 Å². The van der Waals surface area contributed by atoms with Crippen LogP contribution in [-0.4, -0.2) is 16.8 Å². The van der Waals surface area contributed by atoms with Gasteiger partial charge in [0.05, 0.1) is 10.7 Å². The Morgan fingerprint density at radius 2 is 2.20 bits per heavy atom. The monoisotopic (exact) mass is 226 g/mol. The van der Waals surface area contributed by atoms with Crippen LogP contribution in [0.15, 0.2) is 23.3 Å². The third kappa shape index (κ3) is 2.95. The number of carboxylic acid groups (broad SMARTS) is 1. The summed E-state index contributed by atoms with van der Waals surface area (Å²) in [5.41, 5.74) is 4.09. The molecule has 0 aliphatic heterocycles. The van der Waals surface area contributed by atoms with Gasteiger partial charge < -0.3 is 5.11 Å². The van der Waals surface area contributed by atoms with Crippen molar-refractivity contribution in [1.29, 1.82) is 0 Å². The number of hydrogen-bond acceptors (Lipinski definition) is 3. The minimum absolute atomic E-state index is 0.0208. The first-order valence-electron chi connectivity index (χ1n) is 4.31. The van der Waals surface area contributed by atoms with Crippen LogP contribution in [-0.2, 0) is 4.79 Å². The van der Waals surface area contributed by atoms with E-state index >= 15 is 0 Å². The second-order valence-corrected chi connectivity index (χ2v) is 3.43. The highest BCUT2D eigenvalue weighted by Gasteiger charge is 2.03. The average molecular weight is 227 g/mol. The van der Waals surface area contributed by atoms with Crippen LogP contribution in [0.25, 0.3) is 0 Å². The van der Waals surface area contributed by atoms with Crippen molar-refractivity contribution in [3.63, 3.8) is 0 Å². The van der Waals surface area contributed by atoms with Crippen LogP contribution < -0.4 is 5.43 Å². The van der Waals surface area contributed by atoms with Gasteiger partial charge in [-0.05, 0) is 25.5 Å². The molecule has 0 unspecified atom stereocenters. The topological polar surface area (TPSA) is 61.7 Å². The minimum atomic E-state index is -1.06. The van der Waals surface area contributed by atoms with Gasteiger partial charge in [-0.1, -0.05) is 23.7 Å². The van der Waals surface area contributed by atoms with Crippen LogP contribution in [0.2, 0.25) is 5.02 Å². The molecule has 0 aromatic heterocycles. The number of hydrogen-bond donors (Lipinski definition) is 2. The van der Waals surface area contributed by atoms with Gasteiger partial charge in [0.15, 0.2) is 0 Å². The van der Waals surface area contributed by atoms with Crippen LogP contribution in [0.3, 0.4) is 0 Å². The zero-order chi connectivity index (χ0) is 11.4. The smallest absolute Gasteiger partial charge is 0.351 e. The van der Waals surface area contributed by atoms with Gasteiger partial charge in [-0.3, -0.25) is 5.43 Å². The summed E-state index contributed by atoms with van der Waals surface area (Å²) < 4.78 is 0. The van der Waals surface area contributed by atoms with Crippen molar-refractivity contribution < 1.29 is 9.90 Å². The second kappa shape index (κ2) is 4.79. The van der Waals surface area contributed by atoms with E-state index in [2.05, 4.69) is 10.5 Å². The van der Waals surface area contributed by atoms with Crippen molar-refractivity contribution >= 4 is 29.0 Å². The molecule has 0 spiro atoms. The molecule has 1 rings (SSSR count). The molecular formula is C10H11ClN2O2. The van der Waals surface area contributed by atoms with Crippen LogP contribution in [0.5, 0.6) is 0 Å². The summed E-state index contributed by atoms with van der Waals surface area (Å²) in [6.07, 6.45) is 0. The number of anilines is 1. The van der Waals surface area contributed by atoms with E-state index < -0.39 is 5.97 Å². The van der Waals surface area contributed by atoms with Crippen LogP contribution in [0.1, 0.15) is 12.5 Å². The number of nitrogens with zero attached hydrogens (tertiary/aromatic N) is 1. The number of aliphatic carboxylic acids is 1. The van der Waals surface area contributed by atoms with Gasteiger partial charge in [-0.15, -0.1) is 0 Å². The van der Waals surface area contributed by atoms with Gasteiger partial charge in [0.25, 0.3) is 0 Å². The summed E-state index contributed by atoms with van der Waals surface area (Å²) in [7, 11) is 0. The summed E-state index contributed by atoms with van der Waals surface area (Å²) >= 11 is 5.98. The van der Waals surface area contributed by atoms with Crippen molar-refractivity contribution in [2.45, 2.75) is 13.8 Å². The third-order valence-electron chi connectivity index (χ3n) is 1.85. The quantitative estimate of drug-likeness (QED) is 0.615. The van der Waals surface area contributed by atoms with Gasteiger partial charge in [0.1, 0.15) is 5.71 Å². The fourth-order valence-electron chi connectivity index (χ4n) is 0.926. The first-order chi connectivity index (χ1) is 7.02. The molecule has 4 nitrogen and oxygen atoms in total. The molecule has 0 fully saturated rings. The summed E-state index contributed by atoms with van der Waals surface area (Å²) in [6, 6.07) is 5.41. The normalized spacial score (nSPS) is 11.3. The van der Waals surface area contributed by atoms with E-state index in [4.69, 9.17) is 16.7 Å². The average Bonchev–Trinajstić information content (AvgIpc) is 2.19. The van der Waals surface area contributed by atoms with Gasteiger partial charge in [0.2, 0.25) is 0 Å². The number of nitrogens with one attached hydrogen (secondary N) is 1. The second-order valence-electron chi connectivity index (χ2n) is 3.05. The van der Waals surface area contributed by atoms with Crippen molar-refractivity contribution in [2.24, 2.45) is 5.10 Å². The maximum absolute atomic E-state index is 10.5. The molecule has 1 aromatic rings. The fraction of sp³-hybridized carbons (Fsp3) is 0.200. The molecule has 0 saturated heterocycles. The maximum atomic E-state index is 10.5. The van der Waals surface area contributed by atoms with E-state index in [9.17, 15) is 4.79 Å². The minimum Gasteiger partial charge on any atom is -0.477 e. The van der Waals surface area contributed by atoms with Gasteiger partial charge in [-0.25, -0.2) is 4.79 Å². The Hall–Kier alpha value is -1.55. The van der Waals surface area contributed by atoms with E-state index in [-0.39, 0.29) is 5.71 Å². The van der Waals surface area contributed by atoms with Crippen LogP contribution in [0.4, 0.5) is 5.69 Å². The molecule has 0 amide bonds. The van der Waals surface area contributed by atoms with Gasteiger partial charge in [0, 0.05) is 0 Å². The largest absolute Gasteiger partial charge is 0.477 e. The number of carboxylic acids is 1.